The molecule has 0 unspecified atom stereocenters. The topological polar surface area (TPSA) is 85.2 Å². The molecule has 0 bridgehead atoms. The Morgan fingerprint density at radius 2 is 1.93 bits per heavy atom. The van der Waals surface area contributed by atoms with Gasteiger partial charge >= 0.3 is 0 Å². The van der Waals surface area contributed by atoms with Crippen molar-refractivity contribution in [3.8, 4) is 0 Å². The largest absolute Gasteiger partial charge is 0.340 e. The van der Waals surface area contributed by atoms with Crippen LogP contribution in [-0.2, 0) is 21.1 Å². The monoisotopic (exact) mass is 388 g/mol. The fourth-order valence-corrected chi connectivity index (χ4v) is 4.16. The summed E-state index contributed by atoms with van der Waals surface area (Å²) in [6, 6.07) is 6.98. The van der Waals surface area contributed by atoms with Gasteiger partial charge in [0.05, 0.1) is 16.6 Å². The molecule has 0 N–H and O–H groups in total. The van der Waals surface area contributed by atoms with Gasteiger partial charge in [-0.3, -0.25) is 4.79 Å². The lowest BCUT2D eigenvalue weighted by Crippen LogP contribution is -2.29. The van der Waals surface area contributed by atoms with Crippen molar-refractivity contribution in [2.45, 2.75) is 49.0 Å². The van der Waals surface area contributed by atoms with E-state index < -0.39 is 9.84 Å². The standard InChI is InChI=1S/C19H24N4O3S/c1-27(25,26)17-7-2-14(3-8-17)4-9-19(24)22-11-10-16(12-22)23-13-18(20-21-23)15-5-6-15/h2-3,7-8,13,15-16H,4-6,9-12H2,1H3/t16-/m1/s1. The van der Waals surface area contributed by atoms with Gasteiger partial charge in [-0.1, -0.05) is 17.3 Å². The number of amides is 1. The Morgan fingerprint density at radius 1 is 1.19 bits per heavy atom. The maximum atomic E-state index is 12.5. The van der Waals surface area contributed by atoms with Crippen molar-refractivity contribution in [3.05, 3.63) is 41.7 Å². The molecular weight excluding hydrogens is 364 g/mol. The quantitative estimate of drug-likeness (QED) is 0.755. The molecule has 144 valence electrons. The molecule has 27 heavy (non-hydrogen) atoms. The lowest BCUT2D eigenvalue weighted by molar-refractivity contribution is -0.130. The first-order valence-corrected chi connectivity index (χ1v) is 11.3. The summed E-state index contributed by atoms with van der Waals surface area (Å²) in [6.45, 7) is 1.43. The molecule has 1 saturated carbocycles. The number of nitrogens with zero attached hydrogens (tertiary/aromatic N) is 4. The van der Waals surface area contributed by atoms with Gasteiger partial charge in [0.1, 0.15) is 0 Å². The third kappa shape index (κ3) is 4.21. The van der Waals surface area contributed by atoms with E-state index in [1.165, 1.54) is 19.1 Å². The molecule has 7 nitrogen and oxygen atoms in total. The fourth-order valence-electron chi connectivity index (χ4n) is 3.53. The summed E-state index contributed by atoms with van der Waals surface area (Å²) >= 11 is 0. The SMILES string of the molecule is CS(=O)(=O)c1ccc(CCC(=O)N2CC[C@@H](n3cc(C4CC4)nn3)C2)cc1. The Balaban J connectivity index is 1.29. The molecule has 1 aromatic heterocycles. The third-order valence-corrected chi connectivity index (χ3v) is 6.52. The normalized spacial score (nSPS) is 20.2. The van der Waals surface area contributed by atoms with Gasteiger partial charge in [-0.05, 0) is 43.4 Å². The van der Waals surface area contributed by atoms with Gasteiger partial charge in [-0.15, -0.1) is 5.10 Å². The smallest absolute Gasteiger partial charge is 0.222 e. The lowest BCUT2D eigenvalue weighted by Gasteiger charge is -2.16. The summed E-state index contributed by atoms with van der Waals surface area (Å²) in [5.74, 6) is 0.721. The molecule has 2 heterocycles. The van der Waals surface area contributed by atoms with Gasteiger partial charge in [0.25, 0.3) is 0 Å². The van der Waals surface area contributed by atoms with E-state index in [2.05, 4.69) is 10.3 Å². The first-order valence-electron chi connectivity index (χ1n) is 9.38. The summed E-state index contributed by atoms with van der Waals surface area (Å²) in [6.07, 6.45) is 7.59. The van der Waals surface area contributed by atoms with Crippen molar-refractivity contribution < 1.29 is 13.2 Å². The van der Waals surface area contributed by atoms with Crippen molar-refractivity contribution in [2.75, 3.05) is 19.3 Å². The highest BCUT2D eigenvalue weighted by Crippen LogP contribution is 2.39. The number of sulfone groups is 1. The molecule has 1 amide bonds. The van der Waals surface area contributed by atoms with Crippen molar-refractivity contribution in [1.29, 1.82) is 0 Å². The van der Waals surface area contributed by atoms with Crippen molar-refractivity contribution >= 4 is 15.7 Å². The van der Waals surface area contributed by atoms with E-state index in [4.69, 9.17) is 0 Å². The molecule has 4 rings (SSSR count). The average Bonchev–Trinajstić information content (AvgIpc) is 3.18. The summed E-state index contributed by atoms with van der Waals surface area (Å²) in [7, 11) is -3.18. The number of carbonyl (C=O) groups excluding carboxylic acids is 1. The predicted molar refractivity (Wildman–Crippen MR) is 100 cm³/mol. The summed E-state index contributed by atoms with van der Waals surface area (Å²) in [5.41, 5.74) is 2.05. The molecule has 1 aliphatic carbocycles. The van der Waals surface area contributed by atoms with E-state index in [1.807, 2.05) is 15.8 Å². The molecule has 8 heteroatoms. The number of aryl methyl sites for hydroxylation is 1. The zero-order chi connectivity index (χ0) is 19.0. The van der Waals surface area contributed by atoms with Crippen LogP contribution in [0.2, 0.25) is 0 Å². The van der Waals surface area contributed by atoms with E-state index in [0.29, 0.717) is 30.2 Å². The minimum absolute atomic E-state index is 0.132. The van der Waals surface area contributed by atoms with Gasteiger partial charge in [0.15, 0.2) is 9.84 Å². The molecule has 1 aromatic carbocycles. The van der Waals surface area contributed by atoms with Crippen LogP contribution in [-0.4, -0.2) is 53.6 Å². The minimum Gasteiger partial charge on any atom is -0.340 e. The highest BCUT2D eigenvalue weighted by Gasteiger charge is 2.31. The van der Waals surface area contributed by atoms with Crippen LogP contribution in [0.5, 0.6) is 0 Å². The molecule has 1 atom stereocenters. The summed E-state index contributed by atoms with van der Waals surface area (Å²) in [5, 5.41) is 8.51. The maximum absolute atomic E-state index is 12.5. The van der Waals surface area contributed by atoms with Crippen molar-refractivity contribution in [1.82, 2.24) is 19.9 Å². The van der Waals surface area contributed by atoms with Crippen molar-refractivity contribution in [2.24, 2.45) is 0 Å². The first-order chi connectivity index (χ1) is 12.9. The van der Waals surface area contributed by atoms with E-state index in [1.54, 1.807) is 24.3 Å². The predicted octanol–water partition coefficient (Wildman–Crippen LogP) is 1.97. The molecule has 0 spiro atoms. The van der Waals surface area contributed by atoms with Crippen LogP contribution >= 0.6 is 0 Å². The Morgan fingerprint density at radius 3 is 2.59 bits per heavy atom. The molecule has 1 aliphatic heterocycles. The van der Waals surface area contributed by atoms with Gasteiger partial charge < -0.3 is 4.90 Å². The van der Waals surface area contributed by atoms with Crippen LogP contribution in [0, 0.1) is 0 Å². The Hall–Kier alpha value is -2.22. The van der Waals surface area contributed by atoms with Gasteiger partial charge in [0, 0.05) is 37.9 Å². The zero-order valence-electron chi connectivity index (χ0n) is 15.4. The summed E-state index contributed by atoms with van der Waals surface area (Å²) in [4.78, 5) is 14.7. The van der Waals surface area contributed by atoms with Crippen LogP contribution in [0.1, 0.15) is 48.9 Å². The van der Waals surface area contributed by atoms with Crippen LogP contribution in [0.3, 0.4) is 0 Å². The van der Waals surface area contributed by atoms with E-state index >= 15 is 0 Å². The van der Waals surface area contributed by atoms with Crippen LogP contribution < -0.4 is 0 Å². The number of likely N-dealkylation sites (tertiary alicyclic amines) is 1. The van der Waals surface area contributed by atoms with Crippen LogP contribution in [0.4, 0.5) is 0 Å². The maximum Gasteiger partial charge on any atom is 0.222 e. The van der Waals surface area contributed by atoms with Gasteiger partial charge in [-0.2, -0.15) is 0 Å². The zero-order valence-corrected chi connectivity index (χ0v) is 16.2. The number of carbonyl (C=O) groups is 1. The molecular formula is C19H24N4O3S. The first kappa shape index (κ1) is 18.2. The number of rotatable bonds is 6. The van der Waals surface area contributed by atoms with Gasteiger partial charge in [-0.25, -0.2) is 13.1 Å². The lowest BCUT2D eigenvalue weighted by atomic mass is 10.1. The van der Waals surface area contributed by atoms with Crippen LogP contribution in [0.15, 0.2) is 35.4 Å². The number of hydrogen-bond donors (Lipinski definition) is 0. The average molecular weight is 388 g/mol. The number of benzene rings is 1. The molecule has 2 aliphatic rings. The molecule has 2 aromatic rings. The summed E-state index contributed by atoms with van der Waals surface area (Å²) < 4.78 is 24.9. The Bertz CT molecular complexity index is 932. The van der Waals surface area contributed by atoms with Crippen LogP contribution in [0.25, 0.3) is 0 Å². The molecule has 0 radical (unpaired) electrons. The molecule has 1 saturated heterocycles. The van der Waals surface area contributed by atoms with E-state index in [0.717, 1.165) is 24.2 Å². The van der Waals surface area contributed by atoms with Gasteiger partial charge in [0.2, 0.25) is 5.91 Å². The minimum atomic E-state index is -3.18. The number of hydrogen-bond acceptors (Lipinski definition) is 5. The molecule has 2 fully saturated rings. The van der Waals surface area contributed by atoms with E-state index in [9.17, 15) is 13.2 Å². The second-order valence-electron chi connectivity index (χ2n) is 7.60. The Kier molecular flexibility index (Phi) is 4.75. The second-order valence-corrected chi connectivity index (χ2v) is 9.61. The number of aromatic nitrogens is 3. The highest BCUT2D eigenvalue weighted by atomic mass is 32.2. The third-order valence-electron chi connectivity index (χ3n) is 5.39. The highest BCUT2D eigenvalue weighted by molar-refractivity contribution is 7.90. The second kappa shape index (κ2) is 7.07. The Labute approximate surface area is 159 Å². The fraction of sp³-hybridized carbons (Fsp3) is 0.526. The van der Waals surface area contributed by atoms with E-state index in [-0.39, 0.29) is 11.9 Å². The van der Waals surface area contributed by atoms with Crippen molar-refractivity contribution in [3.63, 3.8) is 0 Å².